The number of nitrogens with zero attached hydrogens (tertiary/aromatic N) is 1. The van der Waals surface area contributed by atoms with Crippen molar-refractivity contribution in [1.29, 1.82) is 0 Å². The molecule has 1 fully saturated rings. The molecule has 0 spiro atoms. The highest BCUT2D eigenvalue weighted by Gasteiger charge is 2.24. The molecule has 0 aliphatic carbocycles. The molecular formula is C9H17FN2O2. The van der Waals surface area contributed by atoms with Gasteiger partial charge < -0.3 is 5.32 Å². The average molecular weight is 204 g/mol. The Morgan fingerprint density at radius 2 is 2.43 bits per heavy atom. The summed E-state index contributed by atoms with van der Waals surface area (Å²) in [5.74, 6) is -0.0726. The molecule has 82 valence electrons. The first-order chi connectivity index (χ1) is 6.63. The fourth-order valence-corrected chi connectivity index (χ4v) is 1.55. The number of hydroxylamine groups is 2. The summed E-state index contributed by atoms with van der Waals surface area (Å²) in [5.41, 5.74) is 0. The van der Waals surface area contributed by atoms with Gasteiger partial charge in [-0.15, -0.1) is 0 Å². The first kappa shape index (κ1) is 11.4. The minimum absolute atomic E-state index is 0.0726. The van der Waals surface area contributed by atoms with Crippen molar-refractivity contribution in [2.45, 2.75) is 31.5 Å². The minimum atomic E-state index is -0.754. The van der Waals surface area contributed by atoms with Crippen LogP contribution in [0.25, 0.3) is 0 Å². The van der Waals surface area contributed by atoms with Gasteiger partial charge in [-0.1, -0.05) is 0 Å². The second kappa shape index (κ2) is 5.26. The molecule has 1 amide bonds. The van der Waals surface area contributed by atoms with E-state index in [1.807, 2.05) is 0 Å². The van der Waals surface area contributed by atoms with Crippen LogP contribution in [-0.4, -0.2) is 43.9 Å². The van der Waals surface area contributed by atoms with Gasteiger partial charge in [-0.3, -0.25) is 9.63 Å². The standard InChI is InChI=1S/C9H17FN2O2/c1-12(14-2)9(13)4-3-8-5-7(10)6-11-8/h7-8,11H,3-6H2,1-2H3. The molecule has 1 aliphatic rings. The number of rotatable bonds is 4. The van der Waals surface area contributed by atoms with Crippen LogP contribution in [0, 0.1) is 0 Å². The van der Waals surface area contributed by atoms with E-state index in [-0.39, 0.29) is 11.9 Å². The Morgan fingerprint density at radius 1 is 1.71 bits per heavy atom. The maximum atomic E-state index is 12.7. The largest absolute Gasteiger partial charge is 0.311 e. The lowest BCUT2D eigenvalue weighted by atomic mass is 10.1. The third-order valence-electron chi connectivity index (χ3n) is 2.50. The van der Waals surface area contributed by atoms with Crippen LogP contribution >= 0.6 is 0 Å². The molecule has 0 aromatic heterocycles. The van der Waals surface area contributed by atoms with Gasteiger partial charge in [-0.25, -0.2) is 9.45 Å². The van der Waals surface area contributed by atoms with E-state index in [1.54, 1.807) is 7.05 Å². The van der Waals surface area contributed by atoms with E-state index in [4.69, 9.17) is 4.84 Å². The van der Waals surface area contributed by atoms with Crippen LogP contribution in [0.5, 0.6) is 0 Å². The van der Waals surface area contributed by atoms with Gasteiger partial charge in [0.25, 0.3) is 0 Å². The molecule has 14 heavy (non-hydrogen) atoms. The fourth-order valence-electron chi connectivity index (χ4n) is 1.55. The molecule has 2 unspecified atom stereocenters. The molecule has 5 heteroatoms. The molecule has 2 atom stereocenters. The van der Waals surface area contributed by atoms with Crippen molar-refractivity contribution >= 4 is 5.91 Å². The molecule has 1 saturated heterocycles. The number of nitrogens with one attached hydrogen (secondary N) is 1. The second-order valence-electron chi connectivity index (χ2n) is 3.55. The Balaban J connectivity index is 2.17. The maximum Gasteiger partial charge on any atom is 0.245 e. The predicted molar refractivity (Wildman–Crippen MR) is 50.3 cm³/mol. The Kier molecular flexibility index (Phi) is 4.28. The van der Waals surface area contributed by atoms with Crippen molar-refractivity contribution in [2.75, 3.05) is 20.7 Å². The van der Waals surface area contributed by atoms with E-state index in [9.17, 15) is 9.18 Å². The molecule has 1 aliphatic heterocycles. The number of halogens is 1. The highest BCUT2D eigenvalue weighted by Crippen LogP contribution is 2.14. The summed E-state index contributed by atoms with van der Waals surface area (Å²) in [7, 11) is 3.02. The molecule has 0 aromatic rings. The van der Waals surface area contributed by atoms with Gasteiger partial charge in [0.2, 0.25) is 5.91 Å². The van der Waals surface area contributed by atoms with Crippen molar-refractivity contribution < 1.29 is 14.0 Å². The van der Waals surface area contributed by atoms with Crippen molar-refractivity contribution in [3.63, 3.8) is 0 Å². The number of carbonyl (C=O) groups excluding carboxylic acids is 1. The molecule has 4 nitrogen and oxygen atoms in total. The first-order valence-electron chi connectivity index (χ1n) is 4.81. The van der Waals surface area contributed by atoms with Gasteiger partial charge >= 0.3 is 0 Å². The van der Waals surface area contributed by atoms with E-state index in [2.05, 4.69) is 5.32 Å². The zero-order chi connectivity index (χ0) is 10.6. The molecular weight excluding hydrogens is 187 g/mol. The van der Waals surface area contributed by atoms with Gasteiger partial charge in [0.05, 0.1) is 7.11 Å². The predicted octanol–water partition coefficient (Wildman–Crippen LogP) is 0.486. The molecule has 0 radical (unpaired) electrons. The third-order valence-corrected chi connectivity index (χ3v) is 2.50. The van der Waals surface area contributed by atoms with E-state index in [1.165, 1.54) is 12.2 Å². The first-order valence-corrected chi connectivity index (χ1v) is 4.81. The molecule has 0 bridgehead atoms. The number of hydrogen-bond acceptors (Lipinski definition) is 3. The van der Waals surface area contributed by atoms with Crippen LogP contribution in [0.15, 0.2) is 0 Å². The van der Waals surface area contributed by atoms with Crippen molar-refractivity contribution in [3.8, 4) is 0 Å². The zero-order valence-electron chi connectivity index (χ0n) is 8.62. The summed E-state index contributed by atoms with van der Waals surface area (Å²) < 4.78 is 12.7. The van der Waals surface area contributed by atoms with Crippen LogP contribution in [0.4, 0.5) is 4.39 Å². The smallest absolute Gasteiger partial charge is 0.245 e. The topological polar surface area (TPSA) is 41.6 Å². The van der Waals surface area contributed by atoms with E-state index >= 15 is 0 Å². The van der Waals surface area contributed by atoms with Gasteiger partial charge in [0.1, 0.15) is 6.17 Å². The molecule has 0 aromatic carbocycles. The van der Waals surface area contributed by atoms with E-state index < -0.39 is 6.17 Å². The molecule has 1 heterocycles. The summed E-state index contributed by atoms with van der Waals surface area (Å²) in [4.78, 5) is 16.0. The average Bonchev–Trinajstić information content (AvgIpc) is 2.59. The second-order valence-corrected chi connectivity index (χ2v) is 3.55. The van der Waals surface area contributed by atoms with Crippen molar-refractivity contribution in [2.24, 2.45) is 0 Å². The Bertz CT molecular complexity index is 201. The van der Waals surface area contributed by atoms with Crippen LogP contribution in [-0.2, 0) is 9.63 Å². The van der Waals surface area contributed by atoms with E-state index in [0.717, 1.165) is 0 Å². The fraction of sp³-hybridized carbons (Fsp3) is 0.889. The summed E-state index contributed by atoms with van der Waals surface area (Å²) >= 11 is 0. The normalized spacial score (nSPS) is 26.5. The van der Waals surface area contributed by atoms with Crippen LogP contribution in [0.1, 0.15) is 19.3 Å². The SMILES string of the molecule is CON(C)C(=O)CCC1CC(F)CN1. The van der Waals surface area contributed by atoms with E-state index in [0.29, 0.717) is 25.8 Å². The summed E-state index contributed by atoms with van der Waals surface area (Å²) in [6.45, 7) is 0.416. The Hall–Kier alpha value is -0.680. The van der Waals surface area contributed by atoms with Gasteiger partial charge in [0.15, 0.2) is 0 Å². The van der Waals surface area contributed by atoms with Gasteiger partial charge in [-0.2, -0.15) is 0 Å². The quantitative estimate of drug-likeness (QED) is 0.677. The number of amides is 1. The number of carbonyl (C=O) groups is 1. The molecule has 0 saturated carbocycles. The lowest BCUT2D eigenvalue weighted by Crippen LogP contribution is -2.28. The highest BCUT2D eigenvalue weighted by molar-refractivity contribution is 5.74. The summed E-state index contributed by atoms with van der Waals surface area (Å²) in [6.07, 6.45) is 0.835. The van der Waals surface area contributed by atoms with Gasteiger partial charge in [0, 0.05) is 26.1 Å². The van der Waals surface area contributed by atoms with Crippen LogP contribution in [0.2, 0.25) is 0 Å². The summed E-state index contributed by atoms with van der Waals surface area (Å²) in [5, 5.41) is 4.23. The van der Waals surface area contributed by atoms with Crippen molar-refractivity contribution in [3.05, 3.63) is 0 Å². The Morgan fingerprint density at radius 3 is 2.93 bits per heavy atom. The molecule has 1 N–H and O–H groups in total. The van der Waals surface area contributed by atoms with Gasteiger partial charge in [-0.05, 0) is 12.8 Å². The number of hydrogen-bond donors (Lipinski definition) is 1. The maximum absolute atomic E-state index is 12.7. The minimum Gasteiger partial charge on any atom is -0.311 e. The third kappa shape index (κ3) is 3.23. The summed E-state index contributed by atoms with van der Waals surface area (Å²) in [6, 6.07) is 0.138. The molecule has 1 rings (SSSR count). The Labute approximate surface area is 83.4 Å². The lowest BCUT2D eigenvalue weighted by Gasteiger charge is -2.15. The van der Waals surface area contributed by atoms with Crippen LogP contribution < -0.4 is 5.32 Å². The number of alkyl halides is 1. The lowest BCUT2D eigenvalue weighted by molar-refractivity contribution is -0.168. The zero-order valence-corrected chi connectivity index (χ0v) is 8.62. The highest BCUT2D eigenvalue weighted by atomic mass is 19.1. The monoisotopic (exact) mass is 204 g/mol. The van der Waals surface area contributed by atoms with Crippen molar-refractivity contribution in [1.82, 2.24) is 10.4 Å². The van der Waals surface area contributed by atoms with Crippen LogP contribution in [0.3, 0.4) is 0 Å².